The molecule has 0 aliphatic rings. The summed E-state index contributed by atoms with van der Waals surface area (Å²) in [6.45, 7) is 0.368. The first-order valence-electron chi connectivity index (χ1n) is 6.01. The molecule has 2 aromatic heterocycles. The highest BCUT2D eigenvalue weighted by Gasteiger charge is 2.12. The Balaban J connectivity index is 1.98. The second kappa shape index (κ2) is 5.43. The molecule has 100 valence electrons. The van der Waals surface area contributed by atoms with Crippen molar-refractivity contribution in [2.45, 2.75) is 6.61 Å². The molecule has 0 bridgehead atoms. The number of fused-ring (bicyclic) bond motifs is 1. The molecule has 2 heterocycles. The SMILES string of the molecule is Fc1cnc(Cl)c2c(OCc3ccccc3)ccnc12. The highest BCUT2D eigenvalue weighted by Crippen LogP contribution is 2.31. The third-order valence-electron chi connectivity index (χ3n) is 2.87. The summed E-state index contributed by atoms with van der Waals surface area (Å²) < 4.78 is 19.4. The van der Waals surface area contributed by atoms with Crippen LogP contribution in [0, 0.1) is 5.82 Å². The van der Waals surface area contributed by atoms with Gasteiger partial charge in [-0.15, -0.1) is 0 Å². The second-order valence-corrected chi connectivity index (χ2v) is 4.56. The molecule has 0 atom stereocenters. The third-order valence-corrected chi connectivity index (χ3v) is 3.16. The predicted octanol–water partition coefficient (Wildman–Crippen LogP) is 4.00. The summed E-state index contributed by atoms with van der Waals surface area (Å²) in [6, 6.07) is 11.3. The van der Waals surface area contributed by atoms with E-state index < -0.39 is 5.82 Å². The first kappa shape index (κ1) is 12.8. The first-order valence-corrected chi connectivity index (χ1v) is 6.39. The Morgan fingerprint density at radius 3 is 2.70 bits per heavy atom. The second-order valence-electron chi connectivity index (χ2n) is 4.20. The van der Waals surface area contributed by atoms with Crippen LogP contribution < -0.4 is 4.74 Å². The van der Waals surface area contributed by atoms with Crippen molar-refractivity contribution in [2.24, 2.45) is 0 Å². The van der Waals surface area contributed by atoms with Gasteiger partial charge in [0.25, 0.3) is 0 Å². The smallest absolute Gasteiger partial charge is 0.167 e. The third kappa shape index (κ3) is 2.42. The molecular weight excluding hydrogens is 279 g/mol. The number of rotatable bonds is 3. The van der Waals surface area contributed by atoms with Gasteiger partial charge in [-0.2, -0.15) is 0 Å². The van der Waals surface area contributed by atoms with Crippen LogP contribution in [0.5, 0.6) is 5.75 Å². The number of pyridine rings is 2. The molecule has 0 unspecified atom stereocenters. The molecule has 20 heavy (non-hydrogen) atoms. The largest absolute Gasteiger partial charge is 0.488 e. The average Bonchev–Trinajstić information content (AvgIpc) is 2.50. The van der Waals surface area contributed by atoms with Crippen LogP contribution in [-0.2, 0) is 6.61 Å². The summed E-state index contributed by atoms with van der Waals surface area (Å²) in [5.41, 5.74) is 1.17. The maximum absolute atomic E-state index is 13.7. The summed E-state index contributed by atoms with van der Waals surface area (Å²) >= 11 is 6.02. The van der Waals surface area contributed by atoms with E-state index in [0.29, 0.717) is 17.7 Å². The Morgan fingerprint density at radius 2 is 1.90 bits per heavy atom. The highest BCUT2D eigenvalue weighted by molar-refractivity contribution is 6.34. The molecule has 0 saturated heterocycles. The molecular formula is C15H10ClFN2O. The molecule has 5 heteroatoms. The van der Waals surface area contributed by atoms with Crippen LogP contribution in [0.25, 0.3) is 10.9 Å². The van der Waals surface area contributed by atoms with Crippen molar-refractivity contribution < 1.29 is 9.13 Å². The lowest BCUT2D eigenvalue weighted by atomic mass is 10.2. The number of halogens is 2. The normalized spacial score (nSPS) is 10.7. The first-order chi connectivity index (χ1) is 9.75. The van der Waals surface area contributed by atoms with Crippen LogP contribution in [0.3, 0.4) is 0 Å². The Bertz CT molecular complexity index is 749. The zero-order valence-corrected chi connectivity index (χ0v) is 11.1. The van der Waals surface area contributed by atoms with Crippen LogP contribution in [-0.4, -0.2) is 9.97 Å². The van der Waals surface area contributed by atoms with Crippen LogP contribution in [0.4, 0.5) is 4.39 Å². The number of nitrogens with zero attached hydrogens (tertiary/aromatic N) is 2. The van der Waals surface area contributed by atoms with Crippen molar-refractivity contribution in [3.8, 4) is 5.75 Å². The van der Waals surface area contributed by atoms with E-state index in [0.717, 1.165) is 11.8 Å². The minimum atomic E-state index is -0.519. The average molecular weight is 289 g/mol. The lowest BCUT2D eigenvalue weighted by Crippen LogP contribution is -1.98. The maximum Gasteiger partial charge on any atom is 0.167 e. The molecule has 1 aromatic carbocycles. The predicted molar refractivity (Wildman–Crippen MR) is 75.3 cm³/mol. The molecule has 0 aliphatic carbocycles. The van der Waals surface area contributed by atoms with Crippen molar-refractivity contribution in [1.82, 2.24) is 9.97 Å². The minimum absolute atomic E-state index is 0.163. The molecule has 0 radical (unpaired) electrons. The van der Waals surface area contributed by atoms with Crippen molar-refractivity contribution >= 4 is 22.5 Å². The van der Waals surface area contributed by atoms with Crippen LogP contribution in [0.15, 0.2) is 48.8 Å². The fraction of sp³-hybridized carbons (Fsp3) is 0.0667. The fourth-order valence-electron chi connectivity index (χ4n) is 1.92. The standard InChI is InChI=1S/C15H10ClFN2O/c16-15-13-12(20-9-10-4-2-1-3-5-10)6-7-18-14(13)11(17)8-19-15/h1-8H,9H2. The van der Waals surface area contributed by atoms with Gasteiger partial charge in [-0.3, -0.25) is 4.98 Å². The number of hydrogen-bond donors (Lipinski definition) is 0. The van der Waals surface area contributed by atoms with E-state index in [-0.39, 0.29) is 10.7 Å². The number of aromatic nitrogens is 2. The number of hydrogen-bond acceptors (Lipinski definition) is 3. The van der Waals surface area contributed by atoms with Crippen LogP contribution >= 0.6 is 11.6 Å². The Kier molecular flexibility index (Phi) is 3.48. The summed E-state index contributed by atoms with van der Waals surface area (Å²) in [4.78, 5) is 7.77. The number of benzene rings is 1. The molecule has 3 rings (SSSR count). The molecule has 0 fully saturated rings. The molecule has 0 N–H and O–H groups in total. The van der Waals surface area contributed by atoms with E-state index in [1.165, 1.54) is 6.20 Å². The lowest BCUT2D eigenvalue weighted by molar-refractivity contribution is 0.309. The Hall–Kier alpha value is -2.20. The van der Waals surface area contributed by atoms with Crippen molar-refractivity contribution in [1.29, 1.82) is 0 Å². The summed E-state index contributed by atoms with van der Waals surface area (Å²) in [6.07, 6.45) is 2.54. The van der Waals surface area contributed by atoms with Gasteiger partial charge < -0.3 is 4.74 Å². The molecule has 3 nitrogen and oxygen atoms in total. The van der Waals surface area contributed by atoms with Gasteiger partial charge in [0.1, 0.15) is 23.0 Å². The zero-order chi connectivity index (χ0) is 13.9. The van der Waals surface area contributed by atoms with Crippen LogP contribution in [0.2, 0.25) is 5.15 Å². The van der Waals surface area contributed by atoms with E-state index >= 15 is 0 Å². The Morgan fingerprint density at radius 1 is 1.10 bits per heavy atom. The molecule has 0 spiro atoms. The Labute approximate surface area is 120 Å². The van der Waals surface area contributed by atoms with Crippen LogP contribution in [0.1, 0.15) is 5.56 Å². The van der Waals surface area contributed by atoms with Crippen molar-refractivity contribution in [2.75, 3.05) is 0 Å². The minimum Gasteiger partial charge on any atom is -0.488 e. The monoisotopic (exact) mass is 288 g/mol. The van der Waals surface area contributed by atoms with Gasteiger partial charge in [-0.25, -0.2) is 9.37 Å². The van der Waals surface area contributed by atoms with Gasteiger partial charge in [0.15, 0.2) is 5.82 Å². The van der Waals surface area contributed by atoms with Gasteiger partial charge in [-0.1, -0.05) is 41.9 Å². The molecule has 3 aromatic rings. The maximum atomic E-state index is 13.7. The lowest BCUT2D eigenvalue weighted by Gasteiger charge is -2.10. The van der Waals surface area contributed by atoms with E-state index in [1.54, 1.807) is 6.07 Å². The van der Waals surface area contributed by atoms with Crippen molar-refractivity contribution in [3.63, 3.8) is 0 Å². The van der Waals surface area contributed by atoms with E-state index in [1.807, 2.05) is 30.3 Å². The van der Waals surface area contributed by atoms with E-state index in [9.17, 15) is 4.39 Å². The molecule has 0 aliphatic heterocycles. The van der Waals surface area contributed by atoms with Gasteiger partial charge in [-0.05, 0) is 11.6 Å². The van der Waals surface area contributed by atoms with Gasteiger partial charge in [0.2, 0.25) is 0 Å². The van der Waals surface area contributed by atoms with E-state index in [2.05, 4.69) is 9.97 Å². The highest BCUT2D eigenvalue weighted by atomic mass is 35.5. The number of ether oxygens (including phenoxy) is 1. The zero-order valence-electron chi connectivity index (χ0n) is 10.4. The summed E-state index contributed by atoms with van der Waals surface area (Å²) in [7, 11) is 0. The van der Waals surface area contributed by atoms with Gasteiger partial charge >= 0.3 is 0 Å². The summed E-state index contributed by atoms with van der Waals surface area (Å²) in [5.74, 6) is -0.0505. The van der Waals surface area contributed by atoms with E-state index in [4.69, 9.17) is 16.3 Å². The van der Waals surface area contributed by atoms with Crippen molar-refractivity contribution in [3.05, 3.63) is 65.3 Å². The quantitative estimate of drug-likeness (QED) is 0.683. The van der Waals surface area contributed by atoms with Gasteiger partial charge in [0.05, 0.1) is 11.6 Å². The molecule has 0 saturated carbocycles. The topological polar surface area (TPSA) is 35.0 Å². The summed E-state index contributed by atoms with van der Waals surface area (Å²) in [5, 5.41) is 0.572. The molecule has 0 amide bonds. The fourth-order valence-corrected chi connectivity index (χ4v) is 2.15. The van der Waals surface area contributed by atoms with Gasteiger partial charge in [0, 0.05) is 6.20 Å².